The molecule has 4 rings (SSSR count). The summed E-state index contributed by atoms with van der Waals surface area (Å²) in [5.41, 5.74) is 2.83. The molecular formula is C23H34N4OS. The lowest BCUT2D eigenvalue weighted by Crippen LogP contribution is -2.47. The molecule has 6 heteroatoms. The summed E-state index contributed by atoms with van der Waals surface area (Å²) >= 11 is 1.96. The topological polar surface area (TPSA) is 56.7 Å². The molecule has 2 atom stereocenters. The summed E-state index contributed by atoms with van der Waals surface area (Å²) in [6, 6.07) is 9.56. The average Bonchev–Trinajstić information content (AvgIpc) is 3.53. The van der Waals surface area contributed by atoms with Crippen LogP contribution in [-0.4, -0.2) is 60.5 Å². The molecule has 3 aliphatic rings. The van der Waals surface area contributed by atoms with Crippen LogP contribution in [0.4, 0.5) is 0 Å². The van der Waals surface area contributed by atoms with E-state index in [0.717, 1.165) is 56.2 Å². The first-order valence-corrected chi connectivity index (χ1v) is 12.2. The van der Waals surface area contributed by atoms with Crippen LogP contribution in [0.3, 0.4) is 0 Å². The van der Waals surface area contributed by atoms with Crippen LogP contribution in [0.2, 0.25) is 0 Å². The van der Waals surface area contributed by atoms with Crippen molar-refractivity contribution < 1.29 is 4.79 Å². The largest absolute Gasteiger partial charge is 0.354 e. The van der Waals surface area contributed by atoms with Crippen molar-refractivity contribution in [3.8, 4) is 0 Å². The van der Waals surface area contributed by atoms with Gasteiger partial charge in [-0.25, -0.2) is 0 Å². The van der Waals surface area contributed by atoms with E-state index in [2.05, 4.69) is 51.7 Å². The van der Waals surface area contributed by atoms with Crippen LogP contribution in [0.25, 0.3) is 0 Å². The smallest absolute Gasteiger partial charge is 0.225 e. The number of hydrogen-bond donors (Lipinski definition) is 2. The molecular weight excluding hydrogens is 380 g/mol. The summed E-state index contributed by atoms with van der Waals surface area (Å²) in [7, 11) is 1.85. The molecule has 1 aliphatic heterocycles. The second-order valence-corrected chi connectivity index (χ2v) is 9.88. The first-order chi connectivity index (χ1) is 14.2. The lowest BCUT2D eigenvalue weighted by Gasteiger charge is -2.34. The predicted octanol–water partition coefficient (Wildman–Crippen LogP) is 3.15. The van der Waals surface area contributed by atoms with E-state index in [1.165, 1.54) is 17.5 Å². The third-order valence-corrected chi connectivity index (χ3v) is 7.61. The zero-order chi connectivity index (χ0) is 20.2. The van der Waals surface area contributed by atoms with Crippen LogP contribution in [0.1, 0.15) is 49.1 Å². The maximum atomic E-state index is 12.8. The van der Waals surface area contributed by atoms with Crippen LogP contribution >= 0.6 is 11.8 Å². The molecule has 158 valence electrons. The Morgan fingerprint density at radius 3 is 2.52 bits per heavy atom. The molecule has 0 aromatic heterocycles. The third-order valence-electron chi connectivity index (χ3n) is 6.66. The lowest BCUT2D eigenvalue weighted by molar-refractivity contribution is -0.136. The predicted molar refractivity (Wildman–Crippen MR) is 122 cm³/mol. The summed E-state index contributed by atoms with van der Waals surface area (Å²) in [5.74, 6) is 4.30. The molecule has 2 N–H and O–H groups in total. The number of thioether (sulfide) groups is 1. The monoisotopic (exact) mass is 414 g/mol. The highest BCUT2D eigenvalue weighted by molar-refractivity contribution is 7.99. The van der Waals surface area contributed by atoms with E-state index in [-0.39, 0.29) is 5.92 Å². The number of amides is 1. The Kier molecular flexibility index (Phi) is 6.68. The standard InChI is InChI=1S/C23H34N4OS/c1-16-5-3-4-6-19(16)20-15-21(20)26-23(24-2)25-18-9-7-17(8-10-18)22(28)27-11-13-29-14-12-27/h3-6,17-18,20-21H,7-15H2,1-2H3,(H2,24,25,26). The maximum Gasteiger partial charge on any atom is 0.225 e. The fourth-order valence-electron chi connectivity index (χ4n) is 4.77. The van der Waals surface area contributed by atoms with Crippen molar-refractivity contribution in [3.05, 3.63) is 35.4 Å². The number of nitrogens with one attached hydrogen (secondary N) is 2. The van der Waals surface area contributed by atoms with Gasteiger partial charge in [0, 0.05) is 55.6 Å². The molecule has 0 radical (unpaired) electrons. The molecule has 1 saturated heterocycles. The molecule has 1 aromatic rings. The van der Waals surface area contributed by atoms with E-state index in [9.17, 15) is 4.79 Å². The van der Waals surface area contributed by atoms with Gasteiger partial charge in [0.15, 0.2) is 5.96 Å². The van der Waals surface area contributed by atoms with Crippen LogP contribution in [0.5, 0.6) is 0 Å². The highest BCUT2D eigenvalue weighted by atomic mass is 32.2. The average molecular weight is 415 g/mol. The van der Waals surface area contributed by atoms with Gasteiger partial charge in [-0.3, -0.25) is 9.79 Å². The van der Waals surface area contributed by atoms with Crippen molar-refractivity contribution >= 4 is 23.6 Å². The number of rotatable bonds is 4. The molecule has 2 unspecified atom stereocenters. The van der Waals surface area contributed by atoms with Crippen LogP contribution in [-0.2, 0) is 4.79 Å². The normalized spacial score (nSPS) is 30.0. The fourth-order valence-corrected chi connectivity index (χ4v) is 5.67. The van der Waals surface area contributed by atoms with E-state index in [4.69, 9.17) is 0 Å². The van der Waals surface area contributed by atoms with Crippen molar-refractivity contribution in [2.75, 3.05) is 31.6 Å². The fraction of sp³-hybridized carbons (Fsp3) is 0.652. The van der Waals surface area contributed by atoms with Crippen molar-refractivity contribution in [1.29, 1.82) is 0 Å². The zero-order valence-corrected chi connectivity index (χ0v) is 18.5. The molecule has 1 amide bonds. The van der Waals surface area contributed by atoms with Gasteiger partial charge in [-0.1, -0.05) is 24.3 Å². The first kappa shape index (κ1) is 20.6. The molecule has 0 spiro atoms. The number of aliphatic imine (C=N–C) groups is 1. The molecule has 2 saturated carbocycles. The van der Waals surface area contributed by atoms with E-state index >= 15 is 0 Å². The number of benzene rings is 1. The van der Waals surface area contributed by atoms with E-state index in [0.29, 0.717) is 23.9 Å². The Morgan fingerprint density at radius 1 is 1.10 bits per heavy atom. The Balaban J connectivity index is 1.22. The van der Waals surface area contributed by atoms with E-state index < -0.39 is 0 Å². The molecule has 1 heterocycles. The Morgan fingerprint density at radius 2 is 1.83 bits per heavy atom. The van der Waals surface area contributed by atoms with Gasteiger partial charge in [-0.2, -0.15) is 11.8 Å². The highest BCUT2D eigenvalue weighted by Gasteiger charge is 2.40. The van der Waals surface area contributed by atoms with Crippen molar-refractivity contribution in [3.63, 3.8) is 0 Å². The SMILES string of the molecule is CN=C(NC1CCC(C(=O)N2CCSCC2)CC1)NC1CC1c1ccccc1C. The number of nitrogens with zero attached hydrogens (tertiary/aromatic N) is 2. The Bertz CT molecular complexity index is 738. The minimum Gasteiger partial charge on any atom is -0.354 e. The Labute approximate surface area is 179 Å². The number of aryl methyl sites for hydroxylation is 1. The summed E-state index contributed by atoms with van der Waals surface area (Å²) in [4.78, 5) is 19.3. The van der Waals surface area contributed by atoms with Crippen molar-refractivity contribution in [2.24, 2.45) is 10.9 Å². The number of guanidine groups is 1. The molecule has 5 nitrogen and oxygen atoms in total. The van der Waals surface area contributed by atoms with E-state index in [1.807, 2.05) is 18.8 Å². The van der Waals surface area contributed by atoms with Crippen LogP contribution in [0.15, 0.2) is 29.3 Å². The van der Waals surface area contributed by atoms with Crippen molar-refractivity contribution in [2.45, 2.75) is 57.0 Å². The zero-order valence-electron chi connectivity index (χ0n) is 17.7. The maximum absolute atomic E-state index is 12.8. The quantitative estimate of drug-likeness (QED) is 0.587. The van der Waals surface area contributed by atoms with Gasteiger partial charge < -0.3 is 15.5 Å². The highest BCUT2D eigenvalue weighted by Crippen LogP contribution is 2.42. The van der Waals surface area contributed by atoms with Gasteiger partial charge in [0.2, 0.25) is 5.91 Å². The van der Waals surface area contributed by atoms with Gasteiger partial charge >= 0.3 is 0 Å². The second kappa shape index (κ2) is 9.41. The third kappa shape index (κ3) is 5.08. The number of carbonyl (C=O) groups excluding carboxylic acids is 1. The minimum atomic E-state index is 0.222. The molecule has 29 heavy (non-hydrogen) atoms. The lowest BCUT2D eigenvalue weighted by atomic mass is 9.85. The summed E-state index contributed by atoms with van der Waals surface area (Å²) in [6.45, 7) is 4.06. The number of hydrogen-bond acceptors (Lipinski definition) is 3. The van der Waals surface area contributed by atoms with Gasteiger partial charge in [-0.15, -0.1) is 0 Å². The number of carbonyl (C=O) groups is 1. The second-order valence-electron chi connectivity index (χ2n) is 8.65. The van der Waals surface area contributed by atoms with Crippen molar-refractivity contribution in [1.82, 2.24) is 15.5 Å². The summed E-state index contributed by atoms with van der Waals surface area (Å²) < 4.78 is 0. The first-order valence-electron chi connectivity index (χ1n) is 11.1. The summed E-state index contributed by atoms with van der Waals surface area (Å²) in [5, 5.41) is 7.22. The van der Waals surface area contributed by atoms with E-state index in [1.54, 1.807) is 0 Å². The van der Waals surface area contributed by atoms with Gasteiger partial charge in [0.25, 0.3) is 0 Å². The van der Waals surface area contributed by atoms with Gasteiger partial charge in [-0.05, 0) is 50.2 Å². The molecule has 3 fully saturated rings. The van der Waals surface area contributed by atoms with Gasteiger partial charge in [0.05, 0.1) is 0 Å². The summed E-state index contributed by atoms with van der Waals surface area (Å²) in [6.07, 6.45) is 5.25. The van der Waals surface area contributed by atoms with Gasteiger partial charge in [0.1, 0.15) is 0 Å². The van der Waals surface area contributed by atoms with Crippen LogP contribution in [0, 0.1) is 12.8 Å². The minimum absolute atomic E-state index is 0.222. The Hall–Kier alpha value is -1.69. The molecule has 1 aromatic carbocycles. The molecule has 0 bridgehead atoms. The van der Waals surface area contributed by atoms with Crippen LogP contribution < -0.4 is 10.6 Å². The molecule has 2 aliphatic carbocycles.